The normalized spacial score (nSPS) is 11.3. The molecule has 0 atom stereocenters. The van der Waals surface area contributed by atoms with E-state index < -0.39 is 0 Å². The Hall–Kier alpha value is -1.51. The van der Waals surface area contributed by atoms with Crippen LogP contribution in [0, 0.1) is 6.92 Å². The molecule has 2 N–H and O–H groups in total. The third kappa shape index (κ3) is 4.48. The van der Waals surface area contributed by atoms with Crippen molar-refractivity contribution in [3.8, 4) is 0 Å². The van der Waals surface area contributed by atoms with Crippen LogP contribution in [0.25, 0.3) is 0 Å². The first-order valence-electron chi connectivity index (χ1n) is 8.18. The average molecular weight is 290 g/mol. The van der Waals surface area contributed by atoms with Crippen LogP contribution >= 0.6 is 0 Å². The van der Waals surface area contributed by atoms with Gasteiger partial charge in [-0.1, -0.05) is 27.7 Å². The van der Waals surface area contributed by atoms with Gasteiger partial charge in [0.05, 0.1) is 0 Å². The second-order valence-corrected chi connectivity index (χ2v) is 5.75. The van der Waals surface area contributed by atoms with Gasteiger partial charge >= 0.3 is 0 Å². The number of carbonyl (C=O) groups is 1. The van der Waals surface area contributed by atoms with E-state index in [2.05, 4.69) is 44.4 Å². The first-order valence-corrected chi connectivity index (χ1v) is 8.18. The monoisotopic (exact) mass is 290 g/mol. The molecular weight excluding hydrogens is 260 g/mol. The van der Waals surface area contributed by atoms with Crippen molar-refractivity contribution >= 4 is 11.6 Å². The minimum Gasteiger partial charge on any atom is -0.385 e. The summed E-state index contributed by atoms with van der Waals surface area (Å²) in [7, 11) is 0. The fourth-order valence-electron chi connectivity index (χ4n) is 2.62. The van der Waals surface area contributed by atoms with Gasteiger partial charge in [-0.15, -0.1) is 0 Å². The minimum atomic E-state index is -0.0807. The number of anilines is 1. The van der Waals surface area contributed by atoms with Crippen molar-refractivity contribution in [2.75, 3.05) is 11.9 Å². The quantitative estimate of drug-likeness (QED) is 0.739. The van der Waals surface area contributed by atoms with Crippen LogP contribution in [0.3, 0.4) is 0 Å². The van der Waals surface area contributed by atoms with E-state index in [1.165, 1.54) is 0 Å². The van der Waals surface area contributed by atoms with Crippen LogP contribution in [-0.2, 0) is 0 Å². The van der Waals surface area contributed by atoms with Gasteiger partial charge in [0.2, 0.25) is 0 Å². The molecule has 0 aromatic heterocycles. The van der Waals surface area contributed by atoms with E-state index in [0.717, 1.165) is 49.0 Å². The summed E-state index contributed by atoms with van der Waals surface area (Å²) in [6, 6.07) is 5.97. The topological polar surface area (TPSA) is 41.1 Å². The van der Waals surface area contributed by atoms with Crippen LogP contribution in [0.2, 0.25) is 0 Å². The summed E-state index contributed by atoms with van der Waals surface area (Å²) in [4.78, 5) is 12.6. The zero-order valence-corrected chi connectivity index (χ0v) is 14.2. The Bertz CT molecular complexity index is 456. The molecule has 1 rings (SSSR count). The number of carbonyl (C=O) groups excluding carboxylic acids is 1. The number of amides is 1. The maximum absolute atomic E-state index is 12.6. The molecule has 0 aliphatic carbocycles. The van der Waals surface area contributed by atoms with Gasteiger partial charge in [0.15, 0.2) is 0 Å². The van der Waals surface area contributed by atoms with Crippen molar-refractivity contribution in [2.24, 2.45) is 0 Å². The van der Waals surface area contributed by atoms with Crippen LogP contribution in [0.5, 0.6) is 0 Å². The molecule has 0 aliphatic rings. The maximum atomic E-state index is 12.6. The van der Waals surface area contributed by atoms with Gasteiger partial charge in [-0.05, 0) is 56.4 Å². The van der Waals surface area contributed by atoms with Gasteiger partial charge in [0, 0.05) is 23.3 Å². The molecular formula is C18H30N2O. The van der Waals surface area contributed by atoms with Crippen molar-refractivity contribution in [1.82, 2.24) is 5.32 Å². The summed E-state index contributed by atoms with van der Waals surface area (Å²) in [5.74, 6) is 0.0418. The molecule has 0 bridgehead atoms. The number of hydrogen-bond acceptors (Lipinski definition) is 2. The first-order chi connectivity index (χ1) is 10.0. The summed E-state index contributed by atoms with van der Waals surface area (Å²) in [5, 5.41) is 6.59. The summed E-state index contributed by atoms with van der Waals surface area (Å²) >= 11 is 0. The van der Waals surface area contributed by atoms with Gasteiger partial charge in [-0.2, -0.15) is 0 Å². The molecule has 1 aromatic rings. The minimum absolute atomic E-state index is 0.0418. The number of rotatable bonds is 8. The third-order valence-corrected chi connectivity index (χ3v) is 4.46. The molecule has 1 amide bonds. The van der Waals surface area contributed by atoms with Crippen LogP contribution < -0.4 is 10.6 Å². The largest absolute Gasteiger partial charge is 0.385 e. The molecule has 0 unspecified atom stereocenters. The van der Waals surface area contributed by atoms with Crippen molar-refractivity contribution in [3.05, 3.63) is 29.3 Å². The SMILES string of the molecule is CCCNc1ccc(C(=O)NC(CC)(CC)CC)c(C)c1. The number of nitrogens with one attached hydrogen (secondary N) is 2. The van der Waals surface area contributed by atoms with E-state index in [0.29, 0.717) is 0 Å². The molecule has 0 spiro atoms. The Labute approximate surface area is 129 Å². The summed E-state index contributed by atoms with van der Waals surface area (Å²) < 4.78 is 0. The smallest absolute Gasteiger partial charge is 0.251 e. The summed E-state index contributed by atoms with van der Waals surface area (Å²) in [6.45, 7) is 11.5. The molecule has 1 aromatic carbocycles. The first kappa shape index (κ1) is 17.5. The zero-order valence-electron chi connectivity index (χ0n) is 14.2. The molecule has 0 heterocycles. The Morgan fingerprint density at radius 3 is 2.19 bits per heavy atom. The summed E-state index contributed by atoms with van der Waals surface area (Å²) in [6.07, 6.45) is 3.97. The molecule has 0 saturated carbocycles. The van der Waals surface area contributed by atoms with E-state index in [1.807, 2.05) is 19.1 Å². The van der Waals surface area contributed by atoms with Crippen molar-refractivity contribution < 1.29 is 4.79 Å². The van der Waals surface area contributed by atoms with E-state index in [1.54, 1.807) is 0 Å². The van der Waals surface area contributed by atoms with Crippen LogP contribution in [0.4, 0.5) is 5.69 Å². The number of aryl methyl sites for hydroxylation is 1. The lowest BCUT2D eigenvalue weighted by Gasteiger charge is -2.32. The lowest BCUT2D eigenvalue weighted by atomic mass is 9.89. The highest BCUT2D eigenvalue weighted by molar-refractivity contribution is 5.96. The Kier molecular flexibility index (Phi) is 6.73. The molecule has 3 nitrogen and oxygen atoms in total. The molecule has 0 fully saturated rings. The lowest BCUT2D eigenvalue weighted by molar-refractivity contribution is 0.0887. The van der Waals surface area contributed by atoms with E-state index >= 15 is 0 Å². The van der Waals surface area contributed by atoms with Crippen LogP contribution in [-0.4, -0.2) is 18.0 Å². The molecule has 0 aliphatic heterocycles. The standard InChI is InChI=1S/C18H30N2O/c1-6-12-19-15-10-11-16(14(5)13-15)17(21)20-18(7-2,8-3)9-4/h10-11,13,19H,6-9,12H2,1-5H3,(H,20,21). The van der Waals surface area contributed by atoms with Gasteiger partial charge in [-0.25, -0.2) is 0 Å². The third-order valence-electron chi connectivity index (χ3n) is 4.46. The van der Waals surface area contributed by atoms with Crippen molar-refractivity contribution in [3.63, 3.8) is 0 Å². The second-order valence-electron chi connectivity index (χ2n) is 5.75. The Balaban J connectivity index is 2.87. The zero-order chi connectivity index (χ0) is 15.9. The van der Waals surface area contributed by atoms with Gasteiger partial charge in [0.25, 0.3) is 5.91 Å². The summed E-state index contributed by atoms with van der Waals surface area (Å²) in [5.41, 5.74) is 2.80. The highest BCUT2D eigenvalue weighted by Gasteiger charge is 2.26. The van der Waals surface area contributed by atoms with E-state index in [9.17, 15) is 4.79 Å². The molecule has 0 saturated heterocycles. The average Bonchev–Trinajstić information content (AvgIpc) is 2.50. The predicted molar refractivity (Wildman–Crippen MR) is 91.0 cm³/mol. The highest BCUT2D eigenvalue weighted by Crippen LogP contribution is 2.21. The van der Waals surface area contributed by atoms with E-state index in [-0.39, 0.29) is 11.4 Å². The Morgan fingerprint density at radius 2 is 1.71 bits per heavy atom. The Morgan fingerprint density at radius 1 is 1.10 bits per heavy atom. The number of hydrogen-bond donors (Lipinski definition) is 2. The fraction of sp³-hybridized carbons (Fsp3) is 0.611. The second kappa shape index (κ2) is 8.06. The fourth-order valence-corrected chi connectivity index (χ4v) is 2.62. The van der Waals surface area contributed by atoms with Gasteiger partial charge < -0.3 is 10.6 Å². The van der Waals surface area contributed by atoms with E-state index in [4.69, 9.17) is 0 Å². The van der Waals surface area contributed by atoms with Gasteiger partial charge in [-0.3, -0.25) is 4.79 Å². The van der Waals surface area contributed by atoms with Crippen LogP contribution in [0.15, 0.2) is 18.2 Å². The van der Waals surface area contributed by atoms with Crippen molar-refractivity contribution in [1.29, 1.82) is 0 Å². The lowest BCUT2D eigenvalue weighted by Crippen LogP contribution is -2.47. The maximum Gasteiger partial charge on any atom is 0.251 e. The highest BCUT2D eigenvalue weighted by atomic mass is 16.1. The molecule has 118 valence electrons. The molecule has 3 heteroatoms. The predicted octanol–water partition coefficient (Wildman–Crippen LogP) is 4.52. The van der Waals surface area contributed by atoms with Crippen LogP contribution in [0.1, 0.15) is 69.3 Å². The molecule has 0 radical (unpaired) electrons. The van der Waals surface area contributed by atoms with Crippen molar-refractivity contribution in [2.45, 2.75) is 65.8 Å². The van der Waals surface area contributed by atoms with Gasteiger partial charge in [0.1, 0.15) is 0 Å². The number of benzene rings is 1. The molecule has 21 heavy (non-hydrogen) atoms.